The van der Waals surface area contributed by atoms with Crippen LogP contribution in [-0.4, -0.2) is 53.7 Å². The average molecular weight is 459 g/mol. The fourth-order valence-electron chi connectivity index (χ4n) is 4.11. The van der Waals surface area contributed by atoms with Gasteiger partial charge in [0.15, 0.2) is 0 Å². The van der Waals surface area contributed by atoms with E-state index in [0.29, 0.717) is 29.9 Å². The van der Waals surface area contributed by atoms with Crippen molar-refractivity contribution in [1.29, 1.82) is 0 Å². The molecule has 3 heterocycles. The Morgan fingerprint density at radius 3 is 2.63 bits per heavy atom. The average Bonchev–Trinajstić information content (AvgIpc) is 3.10. The molecule has 164 valence electrons. The number of nitrogens with zero attached hydrogens (tertiary/aromatic N) is 2. The van der Waals surface area contributed by atoms with E-state index in [1.807, 2.05) is 19.9 Å². The number of alkyl halides is 3. The largest absolute Gasteiger partial charge is 0.401 e. The molecule has 2 aromatic rings. The summed E-state index contributed by atoms with van der Waals surface area (Å²) in [6, 6.07) is 2.60. The highest BCUT2D eigenvalue weighted by Crippen LogP contribution is 2.45. The number of thiazole rings is 1. The van der Waals surface area contributed by atoms with Gasteiger partial charge in [-0.25, -0.2) is 4.98 Å². The van der Waals surface area contributed by atoms with Crippen LogP contribution < -0.4 is 10.6 Å². The van der Waals surface area contributed by atoms with E-state index in [2.05, 4.69) is 15.6 Å². The second-order valence-electron chi connectivity index (χ2n) is 8.10. The molecule has 0 bridgehead atoms. The molecule has 5 nitrogen and oxygen atoms in total. The van der Waals surface area contributed by atoms with Crippen LogP contribution in [0.3, 0.4) is 0 Å². The van der Waals surface area contributed by atoms with Crippen LogP contribution in [0.2, 0.25) is 0 Å². The predicted molar refractivity (Wildman–Crippen MR) is 114 cm³/mol. The number of nitrogens with one attached hydrogen (secondary N) is 2. The summed E-state index contributed by atoms with van der Waals surface area (Å²) in [5.41, 5.74) is 1.21. The maximum Gasteiger partial charge on any atom is 0.401 e. The van der Waals surface area contributed by atoms with Crippen LogP contribution in [0.25, 0.3) is 0 Å². The van der Waals surface area contributed by atoms with Gasteiger partial charge in [0.2, 0.25) is 0 Å². The lowest BCUT2D eigenvalue weighted by molar-refractivity contribution is -0.148. The maximum atomic E-state index is 12.5. The summed E-state index contributed by atoms with van der Waals surface area (Å²) in [5, 5.41) is 8.18. The fourth-order valence-corrected chi connectivity index (χ4v) is 5.77. The van der Waals surface area contributed by atoms with Crippen molar-refractivity contribution in [3.05, 3.63) is 32.6 Å². The van der Waals surface area contributed by atoms with Gasteiger partial charge in [-0.15, -0.1) is 22.7 Å². The van der Waals surface area contributed by atoms with Gasteiger partial charge in [0.25, 0.3) is 5.91 Å². The van der Waals surface area contributed by atoms with Crippen LogP contribution in [0.4, 0.5) is 18.2 Å². The van der Waals surface area contributed by atoms with E-state index in [-0.39, 0.29) is 11.9 Å². The Kier molecular flexibility index (Phi) is 6.20. The molecule has 1 saturated heterocycles. The molecule has 1 aliphatic heterocycles. The van der Waals surface area contributed by atoms with Gasteiger partial charge in [-0.3, -0.25) is 9.69 Å². The quantitative estimate of drug-likeness (QED) is 0.667. The molecule has 30 heavy (non-hydrogen) atoms. The molecule has 2 atom stereocenters. The van der Waals surface area contributed by atoms with Crippen LogP contribution in [0.1, 0.15) is 50.3 Å². The molecule has 4 rings (SSSR count). The molecule has 10 heteroatoms. The Labute approximate surface area is 181 Å². The summed E-state index contributed by atoms with van der Waals surface area (Å²) in [5.74, 6) is 0.266. The number of aryl methyl sites for hydroxylation is 2. The highest BCUT2D eigenvalue weighted by Gasteiger charge is 2.42. The molecule has 0 aromatic carbocycles. The van der Waals surface area contributed by atoms with E-state index in [1.165, 1.54) is 33.1 Å². The molecular weight excluding hydrogens is 433 g/mol. The first-order valence-electron chi connectivity index (χ1n) is 10.1. The highest BCUT2D eigenvalue weighted by atomic mass is 32.1. The third kappa shape index (κ3) is 5.40. The van der Waals surface area contributed by atoms with Crippen molar-refractivity contribution in [2.45, 2.75) is 57.3 Å². The number of amides is 1. The summed E-state index contributed by atoms with van der Waals surface area (Å²) in [7, 11) is 0. The summed E-state index contributed by atoms with van der Waals surface area (Å²) < 4.78 is 37.6. The number of hydrogen-bond donors (Lipinski definition) is 2. The minimum Gasteiger partial charge on any atom is -0.312 e. The maximum absolute atomic E-state index is 12.5. The first-order chi connectivity index (χ1) is 14.2. The third-order valence-electron chi connectivity index (χ3n) is 5.67. The van der Waals surface area contributed by atoms with Gasteiger partial charge in [-0.05, 0) is 57.8 Å². The van der Waals surface area contributed by atoms with E-state index < -0.39 is 12.7 Å². The summed E-state index contributed by atoms with van der Waals surface area (Å²) in [6.07, 6.45) is 0.0322. The van der Waals surface area contributed by atoms with Crippen LogP contribution >= 0.6 is 22.7 Å². The first kappa shape index (κ1) is 21.7. The van der Waals surface area contributed by atoms with Crippen molar-refractivity contribution in [3.8, 4) is 0 Å². The topological polar surface area (TPSA) is 57.3 Å². The Bertz CT molecular complexity index is 902. The number of aromatic nitrogens is 1. The number of carbonyl (C=O) groups is 1. The standard InChI is InChI=1S/C20H25F3N4OS2/c1-11-14(8-17(29-11)19(28)26-18-9-24-12(2)30-18)15-7-16(15)25-13-3-5-27(6-4-13)10-20(21,22)23/h8-9,13,15-16,25H,3-7,10H2,1-2H3,(H,26,28). The molecule has 1 saturated carbocycles. The highest BCUT2D eigenvalue weighted by molar-refractivity contribution is 7.16. The van der Waals surface area contributed by atoms with Crippen molar-refractivity contribution >= 4 is 33.6 Å². The van der Waals surface area contributed by atoms with Gasteiger partial charge in [0.05, 0.1) is 22.6 Å². The van der Waals surface area contributed by atoms with E-state index in [0.717, 1.165) is 34.1 Å². The van der Waals surface area contributed by atoms with E-state index >= 15 is 0 Å². The number of likely N-dealkylation sites (tertiary alicyclic amines) is 1. The summed E-state index contributed by atoms with van der Waals surface area (Å²) >= 11 is 2.95. The van der Waals surface area contributed by atoms with Crippen LogP contribution in [-0.2, 0) is 0 Å². The van der Waals surface area contributed by atoms with Crippen LogP contribution in [0.15, 0.2) is 12.3 Å². The second-order valence-corrected chi connectivity index (χ2v) is 10.6. The van der Waals surface area contributed by atoms with Gasteiger partial charge < -0.3 is 10.6 Å². The lowest BCUT2D eigenvalue weighted by Crippen LogP contribution is -2.46. The first-order valence-corrected chi connectivity index (χ1v) is 11.7. The zero-order valence-corrected chi connectivity index (χ0v) is 18.5. The van der Waals surface area contributed by atoms with E-state index in [9.17, 15) is 18.0 Å². The lowest BCUT2D eigenvalue weighted by atomic mass is 10.0. The number of halogens is 3. The number of piperidine rings is 1. The van der Waals surface area contributed by atoms with Gasteiger partial charge in [-0.2, -0.15) is 13.2 Å². The minimum atomic E-state index is -4.12. The normalized spacial score (nSPS) is 23.0. The smallest absolute Gasteiger partial charge is 0.312 e. The Balaban J connectivity index is 1.28. The van der Waals surface area contributed by atoms with Crippen LogP contribution in [0, 0.1) is 13.8 Å². The Hall–Kier alpha value is -1.49. The van der Waals surface area contributed by atoms with Gasteiger partial charge in [-0.1, -0.05) is 0 Å². The fraction of sp³-hybridized carbons (Fsp3) is 0.600. The van der Waals surface area contributed by atoms with Crippen molar-refractivity contribution < 1.29 is 18.0 Å². The molecule has 0 spiro atoms. The number of rotatable bonds is 6. The second kappa shape index (κ2) is 8.57. The molecule has 1 aliphatic carbocycles. The van der Waals surface area contributed by atoms with Gasteiger partial charge in [0.1, 0.15) is 5.00 Å². The number of thiophene rings is 1. The van der Waals surface area contributed by atoms with Crippen LogP contribution in [0.5, 0.6) is 0 Å². The number of hydrogen-bond acceptors (Lipinski definition) is 6. The third-order valence-corrected chi connectivity index (χ3v) is 7.56. The molecule has 0 radical (unpaired) electrons. The zero-order chi connectivity index (χ0) is 21.5. The number of carbonyl (C=O) groups excluding carboxylic acids is 1. The van der Waals surface area contributed by atoms with Crippen molar-refractivity contribution in [3.63, 3.8) is 0 Å². The zero-order valence-electron chi connectivity index (χ0n) is 16.9. The SMILES string of the molecule is Cc1ncc(NC(=O)c2cc(C3CC3NC3CCN(CC(F)(F)F)CC3)c(C)s2)s1. The minimum absolute atomic E-state index is 0.111. The number of anilines is 1. The molecule has 2 N–H and O–H groups in total. The van der Waals surface area contributed by atoms with E-state index in [4.69, 9.17) is 0 Å². The van der Waals surface area contributed by atoms with Crippen molar-refractivity contribution in [2.75, 3.05) is 25.0 Å². The Morgan fingerprint density at radius 1 is 1.27 bits per heavy atom. The molecule has 2 unspecified atom stereocenters. The predicted octanol–water partition coefficient (Wildman–Crippen LogP) is 4.55. The van der Waals surface area contributed by atoms with Gasteiger partial charge in [0, 0.05) is 22.9 Å². The molecule has 2 fully saturated rings. The summed E-state index contributed by atoms with van der Waals surface area (Å²) in [4.78, 5) is 20.0. The molecule has 1 amide bonds. The molecule has 2 aromatic heterocycles. The van der Waals surface area contributed by atoms with Crippen molar-refractivity contribution in [1.82, 2.24) is 15.2 Å². The van der Waals surface area contributed by atoms with Crippen molar-refractivity contribution in [2.24, 2.45) is 0 Å². The van der Waals surface area contributed by atoms with Gasteiger partial charge >= 0.3 is 6.18 Å². The summed E-state index contributed by atoms with van der Waals surface area (Å²) in [6.45, 7) is 4.08. The van der Waals surface area contributed by atoms with E-state index in [1.54, 1.807) is 6.20 Å². The monoisotopic (exact) mass is 458 g/mol. The molecular formula is C20H25F3N4OS2. The Morgan fingerprint density at radius 2 is 2.00 bits per heavy atom. The molecule has 2 aliphatic rings. The lowest BCUT2D eigenvalue weighted by Gasteiger charge is -2.33.